The minimum Gasteiger partial charge on any atom is -0.369 e. The smallest absolute Gasteiger partial charge is 0.224 e. The van der Waals surface area contributed by atoms with E-state index in [1.165, 1.54) is 6.42 Å². The molecule has 0 bridgehead atoms. The Balaban J connectivity index is 1.84. The monoisotopic (exact) mass is 310 g/mol. The van der Waals surface area contributed by atoms with Gasteiger partial charge in [0.05, 0.1) is 0 Å². The number of rotatable bonds is 5. The van der Waals surface area contributed by atoms with Crippen LogP contribution >= 0.6 is 11.6 Å². The third-order valence-corrected chi connectivity index (χ3v) is 3.78. The molecular weight excluding hydrogens is 288 g/mol. The van der Waals surface area contributed by atoms with Crippen LogP contribution in [-0.2, 0) is 4.79 Å². The van der Waals surface area contributed by atoms with E-state index >= 15 is 0 Å². The molecule has 1 fully saturated rings. The second-order valence-electron chi connectivity index (χ2n) is 5.71. The van der Waals surface area contributed by atoms with Gasteiger partial charge in [-0.2, -0.15) is 0 Å². The molecule has 0 radical (unpaired) electrons. The first-order valence-electron chi connectivity index (χ1n) is 7.62. The number of halogens is 1. The van der Waals surface area contributed by atoms with Gasteiger partial charge in [0.15, 0.2) is 0 Å². The van der Waals surface area contributed by atoms with Crippen molar-refractivity contribution in [2.45, 2.75) is 45.4 Å². The van der Waals surface area contributed by atoms with E-state index in [1.54, 1.807) is 6.07 Å². The first-order chi connectivity index (χ1) is 10.1. The summed E-state index contributed by atoms with van der Waals surface area (Å²) in [5.41, 5.74) is 0. The van der Waals surface area contributed by atoms with E-state index in [0.717, 1.165) is 25.9 Å². The number of carbonyl (C=O) groups excluding carboxylic acids is 1. The van der Waals surface area contributed by atoms with Crippen LogP contribution < -0.4 is 5.32 Å². The van der Waals surface area contributed by atoms with Gasteiger partial charge in [-0.25, -0.2) is 9.97 Å². The van der Waals surface area contributed by atoms with E-state index in [9.17, 15) is 4.79 Å². The molecule has 0 aromatic carbocycles. The highest BCUT2D eigenvalue weighted by molar-refractivity contribution is 6.29. The maximum absolute atomic E-state index is 12.1. The molecule has 6 heteroatoms. The quantitative estimate of drug-likeness (QED) is 0.849. The fourth-order valence-electron chi connectivity index (χ4n) is 2.38. The minimum atomic E-state index is 0.214. The van der Waals surface area contributed by atoms with Crippen molar-refractivity contribution in [1.82, 2.24) is 14.9 Å². The number of carbonyl (C=O) groups is 1. The molecule has 5 nitrogen and oxygen atoms in total. The lowest BCUT2D eigenvalue weighted by Crippen LogP contribution is -2.36. The summed E-state index contributed by atoms with van der Waals surface area (Å²) < 4.78 is 0. The van der Waals surface area contributed by atoms with Crippen LogP contribution in [-0.4, -0.2) is 40.4 Å². The summed E-state index contributed by atoms with van der Waals surface area (Å²) in [5, 5.41) is 3.60. The zero-order chi connectivity index (χ0) is 15.2. The first kappa shape index (κ1) is 16.0. The van der Waals surface area contributed by atoms with Gasteiger partial charge in [0, 0.05) is 38.0 Å². The zero-order valence-electron chi connectivity index (χ0n) is 12.7. The lowest BCUT2D eigenvalue weighted by Gasteiger charge is -2.26. The molecule has 0 spiro atoms. The van der Waals surface area contributed by atoms with Crippen molar-refractivity contribution >= 4 is 23.3 Å². The second kappa shape index (κ2) is 7.59. The van der Waals surface area contributed by atoms with E-state index < -0.39 is 0 Å². The lowest BCUT2D eigenvalue weighted by atomic mass is 10.1. The van der Waals surface area contributed by atoms with Gasteiger partial charge in [0.25, 0.3) is 0 Å². The number of likely N-dealkylation sites (tertiary alicyclic amines) is 1. The van der Waals surface area contributed by atoms with E-state index in [0.29, 0.717) is 29.8 Å². The van der Waals surface area contributed by atoms with Gasteiger partial charge in [-0.15, -0.1) is 0 Å². The SMILES string of the molecule is CC(C)c1nc(Cl)cc(NCCC(=O)N2CCCCC2)n1. The van der Waals surface area contributed by atoms with Crippen LogP contribution in [0.25, 0.3) is 0 Å². The summed E-state index contributed by atoms with van der Waals surface area (Å²) in [7, 11) is 0. The number of hydrogen-bond acceptors (Lipinski definition) is 4. The Morgan fingerprint density at radius 2 is 2.05 bits per heavy atom. The van der Waals surface area contributed by atoms with Crippen LogP contribution in [0.2, 0.25) is 5.15 Å². The molecule has 2 heterocycles. The Labute approximate surface area is 131 Å². The van der Waals surface area contributed by atoms with Crippen LogP contribution in [0.4, 0.5) is 5.82 Å². The van der Waals surface area contributed by atoms with Crippen molar-refractivity contribution in [2.75, 3.05) is 25.0 Å². The van der Waals surface area contributed by atoms with Gasteiger partial charge in [-0.1, -0.05) is 25.4 Å². The van der Waals surface area contributed by atoms with Gasteiger partial charge in [0.2, 0.25) is 5.91 Å². The predicted octanol–water partition coefficient (Wildman–Crippen LogP) is 3.07. The van der Waals surface area contributed by atoms with Gasteiger partial charge in [-0.05, 0) is 19.3 Å². The Bertz CT molecular complexity index is 487. The summed E-state index contributed by atoms with van der Waals surface area (Å²) >= 11 is 5.99. The topological polar surface area (TPSA) is 58.1 Å². The van der Waals surface area contributed by atoms with Crippen molar-refractivity contribution < 1.29 is 4.79 Å². The molecule has 116 valence electrons. The molecule has 1 aromatic rings. The number of aromatic nitrogens is 2. The number of anilines is 1. The molecule has 1 aliphatic rings. The van der Waals surface area contributed by atoms with Gasteiger partial charge in [-0.3, -0.25) is 4.79 Å². The maximum Gasteiger partial charge on any atom is 0.224 e. The lowest BCUT2D eigenvalue weighted by molar-refractivity contribution is -0.131. The van der Waals surface area contributed by atoms with Crippen molar-refractivity contribution in [3.05, 3.63) is 17.0 Å². The molecular formula is C15H23ClN4O. The number of nitrogens with one attached hydrogen (secondary N) is 1. The highest BCUT2D eigenvalue weighted by Gasteiger charge is 2.16. The van der Waals surface area contributed by atoms with E-state index in [1.807, 2.05) is 18.7 Å². The van der Waals surface area contributed by atoms with E-state index in [-0.39, 0.29) is 11.8 Å². The normalized spacial score (nSPS) is 15.3. The summed E-state index contributed by atoms with van der Waals surface area (Å²) in [6.45, 7) is 6.41. The summed E-state index contributed by atoms with van der Waals surface area (Å²) in [5.74, 6) is 1.84. The average Bonchev–Trinajstić information content (AvgIpc) is 2.47. The molecule has 1 aromatic heterocycles. The molecule has 0 aliphatic carbocycles. The van der Waals surface area contributed by atoms with Crippen molar-refractivity contribution in [3.8, 4) is 0 Å². The third kappa shape index (κ3) is 4.84. The number of amides is 1. The molecule has 1 aliphatic heterocycles. The van der Waals surface area contributed by atoms with Crippen LogP contribution in [0.3, 0.4) is 0 Å². The fourth-order valence-corrected chi connectivity index (χ4v) is 2.57. The van der Waals surface area contributed by atoms with Crippen molar-refractivity contribution in [1.29, 1.82) is 0 Å². The Morgan fingerprint density at radius 1 is 1.33 bits per heavy atom. The standard InChI is InChI=1S/C15H23ClN4O/c1-11(2)15-18-12(16)10-13(19-15)17-7-6-14(21)20-8-4-3-5-9-20/h10-11H,3-9H2,1-2H3,(H,17,18,19). The molecule has 1 saturated heterocycles. The molecule has 0 saturated carbocycles. The molecule has 21 heavy (non-hydrogen) atoms. The Kier molecular flexibility index (Phi) is 5.79. The number of piperidine rings is 1. The largest absolute Gasteiger partial charge is 0.369 e. The van der Waals surface area contributed by atoms with Crippen LogP contribution in [0.5, 0.6) is 0 Å². The fraction of sp³-hybridized carbons (Fsp3) is 0.667. The van der Waals surface area contributed by atoms with Crippen molar-refractivity contribution in [3.63, 3.8) is 0 Å². The Morgan fingerprint density at radius 3 is 2.71 bits per heavy atom. The van der Waals surface area contributed by atoms with Gasteiger partial charge in [0.1, 0.15) is 16.8 Å². The van der Waals surface area contributed by atoms with Crippen LogP contribution in [0.15, 0.2) is 6.07 Å². The first-order valence-corrected chi connectivity index (χ1v) is 8.00. The highest BCUT2D eigenvalue weighted by Crippen LogP contribution is 2.17. The molecule has 0 unspecified atom stereocenters. The van der Waals surface area contributed by atoms with Crippen LogP contribution in [0, 0.1) is 0 Å². The number of nitrogens with zero attached hydrogens (tertiary/aromatic N) is 3. The summed E-state index contributed by atoms with van der Waals surface area (Å²) in [4.78, 5) is 22.6. The third-order valence-electron chi connectivity index (χ3n) is 3.58. The average molecular weight is 311 g/mol. The summed E-state index contributed by atoms with van der Waals surface area (Å²) in [6, 6.07) is 1.69. The Hall–Kier alpha value is -1.36. The van der Waals surface area contributed by atoms with Gasteiger partial charge < -0.3 is 10.2 Å². The van der Waals surface area contributed by atoms with E-state index in [4.69, 9.17) is 11.6 Å². The minimum absolute atomic E-state index is 0.214. The molecule has 1 N–H and O–H groups in total. The predicted molar refractivity (Wildman–Crippen MR) is 84.7 cm³/mol. The van der Waals surface area contributed by atoms with E-state index in [2.05, 4.69) is 15.3 Å². The summed E-state index contributed by atoms with van der Waals surface area (Å²) in [6.07, 6.45) is 3.97. The van der Waals surface area contributed by atoms with Crippen molar-refractivity contribution in [2.24, 2.45) is 0 Å². The molecule has 2 rings (SSSR count). The van der Waals surface area contributed by atoms with Crippen LogP contribution in [0.1, 0.15) is 51.3 Å². The zero-order valence-corrected chi connectivity index (χ0v) is 13.5. The maximum atomic E-state index is 12.1. The number of hydrogen-bond donors (Lipinski definition) is 1. The van der Waals surface area contributed by atoms with Gasteiger partial charge >= 0.3 is 0 Å². The molecule has 0 atom stereocenters. The highest BCUT2D eigenvalue weighted by atomic mass is 35.5. The molecule has 1 amide bonds. The second-order valence-corrected chi connectivity index (χ2v) is 6.09.